The van der Waals surface area contributed by atoms with E-state index in [4.69, 9.17) is 9.26 Å². The maximum absolute atomic E-state index is 5.28. The van der Waals surface area contributed by atoms with Crippen molar-refractivity contribution in [2.75, 3.05) is 7.11 Å². The van der Waals surface area contributed by atoms with Gasteiger partial charge in [-0.15, -0.1) is 11.8 Å². The smallest absolute Gasteiger partial charge is 0.257 e. The van der Waals surface area contributed by atoms with Crippen LogP contribution in [-0.2, 0) is 5.75 Å². The third-order valence-electron chi connectivity index (χ3n) is 2.92. The summed E-state index contributed by atoms with van der Waals surface area (Å²) < 4.78 is 10.4. The Morgan fingerprint density at radius 2 is 1.81 bits per heavy atom. The number of nitrogens with zero attached hydrogens (tertiary/aromatic N) is 2. The van der Waals surface area contributed by atoms with E-state index in [9.17, 15) is 0 Å². The van der Waals surface area contributed by atoms with Gasteiger partial charge in [-0.1, -0.05) is 23.4 Å². The van der Waals surface area contributed by atoms with Crippen molar-refractivity contribution in [3.05, 3.63) is 60.4 Å². The highest BCUT2D eigenvalue weighted by Crippen LogP contribution is 2.25. The minimum Gasteiger partial charge on any atom is -0.497 e. The minimum atomic E-state index is 0.556. The van der Waals surface area contributed by atoms with Crippen molar-refractivity contribution in [2.45, 2.75) is 10.6 Å². The monoisotopic (exact) mass is 298 g/mol. The number of ether oxygens (including phenoxy) is 1. The molecule has 0 radical (unpaired) electrons. The molecule has 0 atom stereocenters. The van der Waals surface area contributed by atoms with Gasteiger partial charge in [-0.05, 0) is 36.4 Å². The molecule has 0 bridgehead atoms. The highest BCUT2D eigenvalue weighted by molar-refractivity contribution is 7.98. The van der Waals surface area contributed by atoms with Gasteiger partial charge in [-0.25, -0.2) is 0 Å². The summed E-state index contributed by atoms with van der Waals surface area (Å²) in [7, 11) is 1.66. The average molecular weight is 298 g/mol. The van der Waals surface area contributed by atoms with Crippen LogP contribution in [0.15, 0.2) is 64.0 Å². The molecular weight excluding hydrogens is 284 g/mol. The highest BCUT2D eigenvalue weighted by atomic mass is 32.2. The third-order valence-corrected chi connectivity index (χ3v) is 3.92. The summed E-state index contributed by atoms with van der Waals surface area (Å²) in [4.78, 5) is 5.55. The zero-order valence-electron chi connectivity index (χ0n) is 11.5. The summed E-state index contributed by atoms with van der Waals surface area (Å²) >= 11 is 1.66. The van der Waals surface area contributed by atoms with E-state index in [1.165, 1.54) is 0 Å². The molecule has 4 nitrogen and oxygen atoms in total. The Labute approximate surface area is 127 Å². The van der Waals surface area contributed by atoms with Gasteiger partial charge in [0.1, 0.15) is 5.75 Å². The minimum absolute atomic E-state index is 0.556. The van der Waals surface area contributed by atoms with E-state index < -0.39 is 0 Å². The Morgan fingerprint density at radius 3 is 2.52 bits per heavy atom. The number of hydrogen-bond acceptors (Lipinski definition) is 5. The molecule has 0 unspecified atom stereocenters. The van der Waals surface area contributed by atoms with Crippen LogP contribution in [0.5, 0.6) is 5.75 Å². The molecule has 0 saturated heterocycles. The molecule has 3 rings (SSSR count). The van der Waals surface area contributed by atoms with Gasteiger partial charge in [0.15, 0.2) is 5.82 Å². The Bertz CT molecular complexity index is 696. The van der Waals surface area contributed by atoms with E-state index in [2.05, 4.69) is 10.1 Å². The zero-order valence-corrected chi connectivity index (χ0v) is 12.3. The van der Waals surface area contributed by atoms with Gasteiger partial charge in [0.25, 0.3) is 5.89 Å². The summed E-state index contributed by atoms with van der Waals surface area (Å²) in [5.41, 5.74) is 0.936. The second kappa shape index (κ2) is 6.45. The lowest BCUT2D eigenvalue weighted by molar-refractivity contribution is 0.414. The quantitative estimate of drug-likeness (QED) is 0.665. The zero-order chi connectivity index (χ0) is 14.5. The Morgan fingerprint density at radius 1 is 1.05 bits per heavy atom. The van der Waals surface area contributed by atoms with Crippen molar-refractivity contribution >= 4 is 11.8 Å². The lowest BCUT2D eigenvalue weighted by Crippen LogP contribution is -1.85. The normalized spacial score (nSPS) is 10.5. The molecule has 106 valence electrons. The fourth-order valence-electron chi connectivity index (χ4n) is 1.83. The number of aromatic nitrogens is 2. The summed E-state index contributed by atoms with van der Waals surface area (Å²) in [6.07, 6.45) is 0. The average Bonchev–Trinajstić information content (AvgIpc) is 3.03. The van der Waals surface area contributed by atoms with Gasteiger partial charge < -0.3 is 9.26 Å². The van der Waals surface area contributed by atoms with Crippen LogP contribution < -0.4 is 4.74 Å². The van der Waals surface area contributed by atoms with Crippen molar-refractivity contribution < 1.29 is 9.26 Å². The second-order valence-corrected chi connectivity index (χ2v) is 5.39. The van der Waals surface area contributed by atoms with Gasteiger partial charge >= 0.3 is 0 Å². The van der Waals surface area contributed by atoms with Crippen LogP contribution in [0.2, 0.25) is 0 Å². The molecule has 1 aromatic heterocycles. The summed E-state index contributed by atoms with van der Waals surface area (Å²) in [5.74, 6) is 2.77. The van der Waals surface area contributed by atoms with Crippen molar-refractivity contribution in [1.29, 1.82) is 0 Å². The molecule has 0 N–H and O–H groups in total. The first-order valence-corrected chi connectivity index (χ1v) is 7.48. The molecule has 0 aliphatic rings. The number of benzene rings is 2. The van der Waals surface area contributed by atoms with E-state index in [0.29, 0.717) is 17.5 Å². The molecule has 0 fully saturated rings. The van der Waals surface area contributed by atoms with Gasteiger partial charge in [0, 0.05) is 10.5 Å². The molecule has 3 aromatic rings. The number of methoxy groups -OCH3 is 1. The van der Waals surface area contributed by atoms with Crippen LogP contribution in [0.1, 0.15) is 5.82 Å². The topological polar surface area (TPSA) is 48.2 Å². The summed E-state index contributed by atoms with van der Waals surface area (Å²) in [6, 6.07) is 17.7. The lowest BCUT2D eigenvalue weighted by Gasteiger charge is -2.01. The van der Waals surface area contributed by atoms with Crippen LogP contribution in [-0.4, -0.2) is 17.3 Å². The van der Waals surface area contributed by atoms with Crippen LogP contribution in [0.4, 0.5) is 0 Å². The molecule has 0 saturated carbocycles. The molecule has 0 amide bonds. The van der Waals surface area contributed by atoms with Crippen molar-refractivity contribution in [1.82, 2.24) is 10.1 Å². The molecular formula is C16H14N2O2S. The van der Waals surface area contributed by atoms with Gasteiger partial charge in [0.2, 0.25) is 0 Å². The molecule has 21 heavy (non-hydrogen) atoms. The lowest BCUT2D eigenvalue weighted by atomic mass is 10.2. The number of rotatable bonds is 5. The predicted molar refractivity (Wildman–Crippen MR) is 82.3 cm³/mol. The van der Waals surface area contributed by atoms with Crippen LogP contribution >= 0.6 is 11.8 Å². The molecule has 0 aliphatic heterocycles. The van der Waals surface area contributed by atoms with E-state index >= 15 is 0 Å². The number of thioether (sulfide) groups is 1. The maximum Gasteiger partial charge on any atom is 0.257 e. The SMILES string of the molecule is COc1ccc(SCc2noc(-c3ccccc3)n2)cc1. The van der Waals surface area contributed by atoms with Crippen molar-refractivity contribution in [2.24, 2.45) is 0 Å². The molecule has 0 spiro atoms. The van der Waals surface area contributed by atoms with Gasteiger partial charge in [0.05, 0.1) is 12.9 Å². The fourth-order valence-corrected chi connectivity index (χ4v) is 2.57. The summed E-state index contributed by atoms with van der Waals surface area (Å²) in [5, 5.41) is 4.01. The Kier molecular flexibility index (Phi) is 4.21. The Balaban J connectivity index is 1.64. The van der Waals surface area contributed by atoms with Crippen LogP contribution in [0.25, 0.3) is 11.5 Å². The first-order chi connectivity index (χ1) is 10.3. The largest absolute Gasteiger partial charge is 0.497 e. The van der Waals surface area contributed by atoms with E-state index in [1.54, 1.807) is 18.9 Å². The first-order valence-electron chi connectivity index (χ1n) is 6.50. The van der Waals surface area contributed by atoms with Crippen molar-refractivity contribution in [3.63, 3.8) is 0 Å². The molecule has 5 heteroatoms. The number of hydrogen-bond donors (Lipinski definition) is 0. The Hall–Kier alpha value is -2.27. The fraction of sp³-hybridized carbons (Fsp3) is 0.125. The molecule has 0 aliphatic carbocycles. The highest BCUT2D eigenvalue weighted by Gasteiger charge is 2.08. The second-order valence-electron chi connectivity index (χ2n) is 4.35. The molecule has 1 heterocycles. The third kappa shape index (κ3) is 3.44. The van der Waals surface area contributed by atoms with Gasteiger partial charge in [-0.2, -0.15) is 4.98 Å². The van der Waals surface area contributed by atoms with Crippen LogP contribution in [0.3, 0.4) is 0 Å². The summed E-state index contributed by atoms with van der Waals surface area (Å²) in [6.45, 7) is 0. The predicted octanol–water partition coefficient (Wildman–Crippen LogP) is 4.04. The van der Waals surface area contributed by atoms with Crippen molar-refractivity contribution in [3.8, 4) is 17.2 Å². The first kappa shape index (κ1) is 13.7. The van der Waals surface area contributed by atoms with E-state index in [0.717, 1.165) is 16.2 Å². The van der Waals surface area contributed by atoms with Crippen LogP contribution in [0, 0.1) is 0 Å². The van der Waals surface area contributed by atoms with Gasteiger partial charge in [-0.3, -0.25) is 0 Å². The maximum atomic E-state index is 5.28. The molecule has 2 aromatic carbocycles. The standard InChI is InChI=1S/C16H14N2O2S/c1-19-13-7-9-14(10-8-13)21-11-15-17-16(20-18-15)12-5-3-2-4-6-12/h2-10H,11H2,1H3. The van der Waals surface area contributed by atoms with E-state index in [-0.39, 0.29) is 0 Å². The van der Waals surface area contributed by atoms with E-state index in [1.807, 2.05) is 54.6 Å².